The van der Waals surface area contributed by atoms with Gasteiger partial charge in [-0.05, 0) is 43.0 Å². The van der Waals surface area contributed by atoms with Gasteiger partial charge in [-0.3, -0.25) is 4.79 Å². The molecule has 21 heavy (non-hydrogen) atoms. The lowest BCUT2D eigenvalue weighted by Gasteiger charge is -2.05. The van der Waals surface area contributed by atoms with Crippen LogP contribution in [0.4, 0.5) is 0 Å². The fourth-order valence-electron chi connectivity index (χ4n) is 2.32. The molecule has 0 aliphatic heterocycles. The van der Waals surface area contributed by atoms with E-state index in [0.717, 1.165) is 30.4 Å². The lowest BCUT2D eigenvalue weighted by Crippen LogP contribution is -1.98. The molecule has 2 rings (SSSR count). The third-order valence-electron chi connectivity index (χ3n) is 3.51. The molecule has 0 atom stereocenters. The molecule has 0 saturated heterocycles. The fourth-order valence-corrected chi connectivity index (χ4v) is 2.32. The molecule has 3 nitrogen and oxygen atoms in total. The summed E-state index contributed by atoms with van der Waals surface area (Å²) in [5.74, 6) is 0.561. The zero-order valence-electron chi connectivity index (χ0n) is 12.0. The van der Waals surface area contributed by atoms with Crippen molar-refractivity contribution in [2.45, 2.75) is 32.1 Å². The van der Waals surface area contributed by atoms with Crippen LogP contribution in [0.15, 0.2) is 48.5 Å². The Morgan fingerprint density at radius 3 is 2.43 bits per heavy atom. The second kappa shape index (κ2) is 7.48. The second-order valence-electron chi connectivity index (χ2n) is 5.16. The van der Waals surface area contributed by atoms with Gasteiger partial charge in [-0.1, -0.05) is 36.8 Å². The average Bonchev–Trinajstić information content (AvgIpc) is 2.51. The first-order valence-electron chi connectivity index (χ1n) is 7.26. The van der Waals surface area contributed by atoms with Crippen molar-refractivity contribution in [3.8, 4) is 11.5 Å². The molecule has 0 amide bonds. The van der Waals surface area contributed by atoms with Gasteiger partial charge in [0.2, 0.25) is 0 Å². The molecule has 0 bridgehead atoms. The smallest absolute Gasteiger partial charge is 0.162 e. The van der Waals surface area contributed by atoms with Crippen LogP contribution in [-0.4, -0.2) is 16.0 Å². The van der Waals surface area contributed by atoms with Crippen molar-refractivity contribution < 1.29 is 15.0 Å². The van der Waals surface area contributed by atoms with Crippen LogP contribution in [0.3, 0.4) is 0 Å². The Morgan fingerprint density at radius 1 is 0.905 bits per heavy atom. The Bertz CT molecular complexity index is 591. The number of phenols is 2. The van der Waals surface area contributed by atoms with E-state index in [0.29, 0.717) is 12.8 Å². The summed E-state index contributed by atoms with van der Waals surface area (Å²) in [6, 6.07) is 13.9. The van der Waals surface area contributed by atoms with E-state index < -0.39 is 0 Å². The standard InChI is InChI=1S/C18H20O3/c19-16-11-12-18(21)15(13-16)9-5-2-6-10-17(20)14-7-3-1-4-8-14/h1,3-4,7-8,11-13,19,21H,2,5-6,9-10H2. The van der Waals surface area contributed by atoms with E-state index in [-0.39, 0.29) is 17.3 Å². The molecular weight excluding hydrogens is 264 g/mol. The summed E-state index contributed by atoms with van der Waals surface area (Å²) in [6.07, 6.45) is 3.91. The Balaban J connectivity index is 1.71. The maximum atomic E-state index is 11.9. The van der Waals surface area contributed by atoms with Crippen LogP contribution in [0.2, 0.25) is 0 Å². The van der Waals surface area contributed by atoms with Crippen molar-refractivity contribution in [3.63, 3.8) is 0 Å². The SMILES string of the molecule is O=C(CCCCCc1cc(O)ccc1O)c1ccccc1. The molecule has 2 N–H and O–H groups in total. The molecule has 0 fully saturated rings. The third-order valence-corrected chi connectivity index (χ3v) is 3.51. The van der Waals surface area contributed by atoms with Crippen molar-refractivity contribution in [1.29, 1.82) is 0 Å². The molecule has 2 aromatic rings. The van der Waals surface area contributed by atoms with Gasteiger partial charge in [0.25, 0.3) is 0 Å². The van der Waals surface area contributed by atoms with Crippen molar-refractivity contribution in [3.05, 3.63) is 59.7 Å². The summed E-state index contributed by atoms with van der Waals surface area (Å²) >= 11 is 0. The molecule has 0 spiro atoms. The topological polar surface area (TPSA) is 57.5 Å². The zero-order chi connectivity index (χ0) is 15.1. The van der Waals surface area contributed by atoms with Gasteiger partial charge in [0.15, 0.2) is 5.78 Å². The highest BCUT2D eigenvalue weighted by molar-refractivity contribution is 5.95. The minimum atomic E-state index is 0.169. The van der Waals surface area contributed by atoms with E-state index in [1.54, 1.807) is 6.07 Å². The van der Waals surface area contributed by atoms with E-state index >= 15 is 0 Å². The molecule has 0 aliphatic carbocycles. The Hall–Kier alpha value is -2.29. The Labute approximate surface area is 124 Å². The predicted molar refractivity (Wildman–Crippen MR) is 82.7 cm³/mol. The monoisotopic (exact) mass is 284 g/mol. The fraction of sp³-hybridized carbons (Fsp3) is 0.278. The molecule has 0 radical (unpaired) electrons. The van der Waals surface area contributed by atoms with Crippen LogP contribution in [0.5, 0.6) is 11.5 Å². The highest BCUT2D eigenvalue weighted by atomic mass is 16.3. The third kappa shape index (κ3) is 4.63. The van der Waals surface area contributed by atoms with Crippen LogP contribution in [0.1, 0.15) is 41.6 Å². The maximum Gasteiger partial charge on any atom is 0.162 e. The van der Waals surface area contributed by atoms with E-state index in [1.165, 1.54) is 12.1 Å². The quantitative estimate of drug-likeness (QED) is 0.457. The summed E-state index contributed by atoms with van der Waals surface area (Å²) in [7, 11) is 0. The first-order valence-corrected chi connectivity index (χ1v) is 7.26. The number of Topliss-reactive ketones (excluding diaryl/α,β-unsaturated/α-hetero) is 1. The summed E-state index contributed by atoms with van der Waals surface area (Å²) in [4.78, 5) is 11.9. The van der Waals surface area contributed by atoms with Gasteiger partial charge in [0, 0.05) is 12.0 Å². The van der Waals surface area contributed by atoms with E-state index in [4.69, 9.17) is 0 Å². The number of hydrogen-bond acceptors (Lipinski definition) is 3. The van der Waals surface area contributed by atoms with Crippen molar-refractivity contribution >= 4 is 5.78 Å². The van der Waals surface area contributed by atoms with Gasteiger partial charge in [0.1, 0.15) is 11.5 Å². The summed E-state index contributed by atoms with van der Waals surface area (Å²) in [6.45, 7) is 0. The molecule has 0 aliphatic rings. The minimum absolute atomic E-state index is 0.169. The summed E-state index contributed by atoms with van der Waals surface area (Å²) < 4.78 is 0. The highest BCUT2D eigenvalue weighted by Crippen LogP contribution is 2.24. The van der Waals surface area contributed by atoms with Crippen LogP contribution in [-0.2, 0) is 6.42 Å². The first kappa shape index (κ1) is 15.1. The van der Waals surface area contributed by atoms with Crippen LogP contribution in [0.25, 0.3) is 0 Å². The molecule has 110 valence electrons. The van der Waals surface area contributed by atoms with Gasteiger partial charge in [-0.15, -0.1) is 0 Å². The molecule has 3 heteroatoms. The number of rotatable bonds is 7. The summed E-state index contributed by atoms with van der Waals surface area (Å²) in [5.41, 5.74) is 1.52. The highest BCUT2D eigenvalue weighted by Gasteiger charge is 2.05. The minimum Gasteiger partial charge on any atom is -0.508 e. The Kier molecular flexibility index (Phi) is 5.38. The number of ketones is 1. The van der Waals surface area contributed by atoms with E-state index in [9.17, 15) is 15.0 Å². The van der Waals surface area contributed by atoms with Crippen LogP contribution < -0.4 is 0 Å². The summed E-state index contributed by atoms with van der Waals surface area (Å²) in [5, 5.41) is 19.0. The van der Waals surface area contributed by atoms with E-state index in [2.05, 4.69) is 0 Å². The molecule has 0 aromatic heterocycles. The Morgan fingerprint density at radius 2 is 1.67 bits per heavy atom. The predicted octanol–water partition coefficient (Wildman–Crippen LogP) is 4.08. The van der Waals surface area contributed by atoms with Crippen molar-refractivity contribution in [1.82, 2.24) is 0 Å². The lowest BCUT2D eigenvalue weighted by molar-refractivity contribution is 0.0979. The average molecular weight is 284 g/mol. The maximum absolute atomic E-state index is 11.9. The number of carbonyl (C=O) groups excluding carboxylic acids is 1. The lowest BCUT2D eigenvalue weighted by atomic mass is 10.0. The van der Waals surface area contributed by atoms with Crippen molar-refractivity contribution in [2.24, 2.45) is 0 Å². The largest absolute Gasteiger partial charge is 0.508 e. The van der Waals surface area contributed by atoms with Gasteiger partial charge in [0.05, 0.1) is 0 Å². The number of hydrogen-bond donors (Lipinski definition) is 2. The molecule has 0 heterocycles. The zero-order valence-corrected chi connectivity index (χ0v) is 12.0. The number of phenolic OH excluding ortho intramolecular Hbond substituents is 2. The second-order valence-corrected chi connectivity index (χ2v) is 5.16. The number of aryl methyl sites for hydroxylation is 1. The van der Waals surface area contributed by atoms with Gasteiger partial charge < -0.3 is 10.2 Å². The van der Waals surface area contributed by atoms with Crippen molar-refractivity contribution in [2.75, 3.05) is 0 Å². The number of aromatic hydroxyl groups is 2. The molecule has 0 unspecified atom stereocenters. The molecule has 0 saturated carbocycles. The first-order chi connectivity index (χ1) is 10.2. The molecular formula is C18H20O3. The normalized spacial score (nSPS) is 10.5. The number of carbonyl (C=O) groups is 1. The van der Waals surface area contributed by atoms with Gasteiger partial charge >= 0.3 is 0 Å². The number of unbranched alkanes of at least 4 members (excludes halogenated alkanes) is 2. The van der Waals surface area contributed by atoms with Crippen LogP contribution >= 0.6 is 0 Å². The number of benzene rings is 2. The molecule has 2 aromatic carbocycles. The van der Waals surface area contributed by atoms with Crippen LogP contribution in [0, 0.1) is 0 Å². The van der Waals surface area contributed by atoms with E-state index in [1.807, 2.05) is 30.3 Å². The van der Waals surface area contributed by atoms with Gasteiger partial charge in [-0.25, -0.2) is 0 Å². The van der Waals surface area contributed by atoms with Gasteiger partial charge in [-0.2, -0.15) is 0 Å².